The zero-order valence-electron chi connectivity index (χ0n) is 11.1. The highest BCUT2D eigenvalue weighted by molar-refractivity contribution is 6.03. The van der Waals surface area contributed by atoms with Gasteiger partial charge in [0.05, 0.1) is 17.7 Å². The van der Waals surface area contributed by atoms with Crippen LogP contribution in [0.1, 0.15) is 48.4 Å². The first-order chi connectivity index (χ1) is 8.35. The third-order valence-corrected chi connectivity index (χ3v) is 2.04. The quantitative estimate of drug-likeness (QED) is 0.774. The van der Waals surface area contributed by atoms with E-state index in [0.29, 0.717) is 0 Å². The second-order valence-electron chi connectivity index (χ2n) is 4.77. The third-order valence-electron chi connectivity index (χ3n) is 2.04. The second-order valence-corrected chi connectivity index (χ2v) is 4.77. The van der Waals surface area contributed by atoms with Crippen LogP contribution < -0.4 is 0 Å². The molecule has 0 atom stereocenters. The molecule has 0 aromatic heterocycles. The summed E-state index contributed by atoms with van der Waals surface area (Å²) in [6.07, 6.45) is 0. The molecule has 0 heterocycles. The van der Waals surface area contributed by atoms with Crippen LogP contribution >= 0.6 is 0 Å². The summed E-state index contributed by atoms with van der Waals surface area (Å²) in [6.45, 7) is 7.31. The van der Waals surface area contributed by atoms with Gasteiger partial charge in [-0.2, -0.15) is 0 Å². The Morgan fingerprint density at radius 2 is 1.56 bits per heavy atom. The largest absolute Gasteiger partial charge is 0.462 e. The van der Waals surface area contributed by atoms with Crippen molar-refractivity contribution in [3.63, 3.8) is 0 Å². The summed E-state index contributed by atoms with van der Waals surface area (Å²) in [6, 6.07) is 6.47. The average Bonchev–Trinajstić information content (AvgIpc) is 2.27. The number of ether oxygens (including phenoxy) is 2. The van der Waals surface area contributed by atoms with E-state index in [4.69, 9.17) is 9.47 Å². The second kappa shape index (κ2) is 5.67. The number of carbonyl (C=O) groups excluding carboxylic acids is 2. The van der Waals surface area contributed by atoms with Crippen LogP contribution in [0.2, 0.25) is 0 Å². The van der Waals surface area contributed by atoms with Crippen molar-refractivity contribution in [2.75, 3.05) is 6.61 Å². The first kappa shape index (κ1) is 14.2. The number of carbonyl (C=O) groups is 2. The van der Waals surface area contributed by atoms with Gasteiger partial charge in [-0.15, -0.1) is 0 Å². The number of hydrogen-bond donors (Lipinski definition) is 0. The minimum absolute atomic E-state index is 0.228. The summed E-state index contributed by atoms with van der Waals surface area (Å²) in [4.78, 5) is 23.7. The van der Waals surface area contributed by atoms with Gasteiger partial charge in [0.15, 0.2) is 0 Å². The van der Waals surface area contributed by atoms with Gasteiger partial charge in [-0.1, -0.05) is 12.1 Å². The number of benzene rings is 1. The molecule has 0 fully saturated rings. The molecule has 0 aliphatic heterocycles. The fourth-order valence-corrected chi connectivity index (χ4v) is 1.38. The lowest BCUT2D eigenvalue weighted by molar-refractivity contribution is 0.00644. The molecule has 0 unspecified atom stereocenters. The van der Waals surface area contributed by atoms with Gasteiger partial charge in [0, 0.05) is 0 Å². The topological polar surface area (TPSA) is 52.6 Å². The zero-order valence-corrected chi connectivity index (χ0v) is 11.1. The summed E-state index contributed by atoms with van der Waals surface area (Å²) in [7, 11) is 0. The van der Waals surface area contributed by atoms with Gasteiger partial charge in [0.1, 0.15) is 5.60 Å². The van der Waals surface area contributed by atoms with Crippen LogP contribution in [0.15, 0.2) is 24.3 Å². The average molecular weight is 250 g/mol. The van der Waals surface area contributed by atoms with Crippen molar-refractivity contribution < 1.29 is 19.1 Å². The predicted octanol–water partition coefficient (Wildman–Crippen LogP) is 2.82. The van der Waals surface area contributed by atoms with Gasteiger partial charge in [0.2, 0.25) is 0 Å². The summed E-state index contributed by atoms with van der Waals surface area (Å²) < 4.78 is 10.1. The summed E-state index contributed by atoms with van der Waals surface area (Å²) >= 11 is 0. The number of esters is 2. The lowest BCUT2D eigenvalue weighted by atomic mass is 10.1. The van der Waals surface area contributed by atoms with E-state index >= 15 is 0 Å². The molecular formula is C14H18O4. The summed E-state index contributed by atoms with van der Waals surface area (Å²) in [5.41, 5.74) is -0.141. The Balaban J connectivity index is 3.02. The zero-order chi connectivity index (χ0) is 13.8. The van der Waals surface area contributed by atoms with Crippen LogP contribution in [-0.2, 0) is 9.47 Å². The Bertz CT molecular complexity index is 443. The van der Waals surface area contributed by atoms with Gasteiger partial charge in [-0.05, 0) is 39.8 Å². The van der Waals surface area contributed by atoms with E-state index in [1.807, 2.05) is 0 Å². The molecule has 4 heteroatoms. The number of rotatable bonds is 3. The summed E-state index contributed by atoms with van der Waals surface area (Å²) in [5, 5.41) is 0. The smallest absolute Gasteiger partial charge is 0.339 e. The lowest BCUT2D eigenvalue weighted by Gasteiger charge is -2.20. The van der Waals surface area contributed by atoms with Crippen LogP contribution in [0.4, 0.5) is 0 Å². The molecule has 1 aromatic carbocycles. The molecule has 1 rings (SSSR count). The highest BCUT2D eigenvalue weighted by atomic mass is 16.6. The maximum Gasteiger partial charge on any atom is 0.339 e. The van der Waals surface area contributed by atoms with E-state index in [2.05, 4.69) is 0 Å². The SMILES string of the molecule is CCOC(=O)c1ccccc1C(=O)OC(C)(C)C. The fourth-order valence-electron chi connectivity index (χ4n) is 1.38. The van der Waals surface area contributed by atoms with Crippen LogP contribution in [0, 0.1) is 0 Å². The van der Waals surface area contributed by atoms with E-state index in [1.165, 1.54) is 0 Å². The highest BCUT2D eigenvalue weighted by Crippen LogP contribution is 2.16. The Hall–Kier alpha value is -1.84. The van der Waals surface area contributed by atoms with Crippen LogP contribution in [0.5, 0.6) is 0 Å². The van der Waals surface area contributed by atoms with Crippen LogP contribution in [-0.4, -0.2) is 24.1 Å². The molecule has 0 N–H and O–H groups in total. The Kier molecular flexibility index (Phi) is 4.48. The van der Waals surface area contributed by atoms with Crippen molar-refractivity contribution in [1.82, 2.24) is 0 Å². The molecule has 0 saturated carbocycles. The van der Waals surface area contributed by atoms with Crippen molar-refractivity contribution in [1.29, 1.82) is 0 Å². The minimum atomic E-state index is -0.598. The molecule has 0 spiro atoms. The minimum Gasteiger partial charge on any atom is -0.462 e. The van der Waals surface area contributed by atoms with Gasteiger partial charge in [-0.25, -0.2) is 9.59 Å². The molecule has 0 saturated heterocycles. The van der Waals surface area contributed by atoms with Crippen molar-refractivity contribution in [2.45, 2.75) is 33.3 Å². The Labute approximate surface area is 107 Å². The van der Waals surface area contributed by atoms with Crippen molar-refractivity contribution in [2.24, 2.45) is 0 Å². The van der Waals surface area contributed by atoms with Gasteiger partial charge in [0.25, 0.3) is 0 Å². The monoisotopic (exact) mass is 250 g/mol. The predicted molar refractivity (Wildman–Crippen MR) is 67.6 cm³/mol. The molecule has 18 heavy (non-hydrogen) atoms. The molecule has 0 radical (unpaired) electrons. The Morgan fingerprint density at radius 1 is 1.06 bits per heavy atom. The Morgan fingerprint density at radius 3 is 2.00 bits per heavy atom. The molecular weight excluding hydrogens is 232 g/mol. The van der Waals surface area contributed by atoms with E-state index in [9.17, 15) is 9.59 Å². The van der Waals surface area contributed by atoms with Crippen LogP contribution in [0.3, 0.4) is 0 Å². The van der Waals surface area contributed by atoms with E-state index in [-0.39, 0.29) is 17.7 Å². The molecule has 98 valence electrons. The molecule has 1 aromatic rings. The molecule has 0 amide bonds. The van der Waals surface area contributed by atoms with E-state index < -0.39 is 17.5 Å². The summed E-state index contributed by atoms with van der Waals surface area (Å²) in [5.74, 6) is -1.04. The van der Waals surface area contributed by atoms with Gasteiger partial charge in [-0.3, -0.25) is 0 Å². The number of hydrogen-bond acceptors (Lipinski definition) is 4. The van der Waals surface area contributed by atoms with Crippen molar-refractivity contribution in [3.8, 4) is 0 Å². The van der Waals surface area contributed by atoms with Crippen molar-refractivity contribution in [3.05, 3.63) is 35.4 Å². The standard InChI is InChI=1S/C14H18O4/c1-5-17-12(15)10-8-6-7-9-11(10)13(16)18-14(2,3)4/h6-9H,5H2,1-4H3. The normalized spacial score (nSPS) is 10.9. The third kappa shape index (κ3) is 3.87. The van der Waals surface area contributed by atoms with Crippen LogP contribution in [0.25, 0.3) is 0 Å². The fraction of sp³-hybridized carbons (Fsp3) is 0.429. The maximum absolute atomic E-state index is 12.0. The van der Waals surface area contributed by atoms with Gasteiger partial charge < -0.3 is 9.47 Å². The molecule has 0 aliphatic rings. The highest BCUT2D eigenvalue weighted by Gasteiger charge is 2.23. The lowest BCUT2D eigenvalue weighted by Crippen LogP contribution is -2.25. The van der Waals surface area contributed by atoms with Gasteiger partial charge >= 0.3 is 11.9 Å². The van der Waals surface area contributed by atoms with E-state index in [0.717, 1.165) is 0 Å². The first-order valence-corrected chi connectivity index (χ1v) is 5.84. The molecule has 0 bridgehead atoms. The molecule has 4 nitrogen and oxygen atoms in total. The first-order valence-electron chi connectivity index (χ1n) is 5.84. The maximum atomic E-state index is 12.0. The van der Waals surface area contributed by atoms with E-state index in [1.54, 1.807) is 52.0 Å². The van der Waals surface area contributed by atoms with Crippen molar-refractivity contribution >= 4 is 11.9 Å². The molecule has 0 aliphatic carbocycles.